The van der Waals surface area contributed by atoms with E-state index in [-0.39, 0.29) is 17.2 Å². The van der Waals surface area contributed by atoms with E-state index in [0.29, 0.717) is 17.0 Å². The van der Waals surface area contributed by atoms with Crippen LogP contribution in [0, 0.1) is 0 Å². The van der Waals surface area contributed by atoms with Crippen LogP contribution in [0.3, 0.4) is 0 Å². The zero-order valence-electron chi connectivity index (χ0n) is 13.6. The third kappa shape index (κ3) is 3.67. The highest BCUT2D eigenvalue weighted by Gasteiger charge is 2.26. The van der Waals surface area contributed by atoms with Gasteiger partial charge in [-0.3, -0.25) is 14.2 Å². The highest BCUT2D eigenvalue weighted by atomic mass is 32.2. The maximum absolute atomic E-state index is 12.6. The molecular weight excluding hydrogens is 342 g/mol. The SMILES string of the molecule is CCn1c(SCC(=O)Nc2ccccc2)nc2c(c1=O)S[C@@H](C)C2. The summed E-state index contributed by atoms with van der Waals surface area (Å²) in [5, 5.41) is 3.85. The molecular formula is C17H19N3O2S2. The fraction of sp³-hybridized carbons (Fsp3) is 0.353. The lowest BCUT2D eigenvalue weighted by molar-refractivity contribution is -0.113. The molecule has 0 spiro atoms. The molecule has 2 aromatic rings. The van der Waals surface area contributed by atoms with Crippen LogP contribution in [0.5, 0.6) is 0 Å². The van der Waals surface area contributed by atoms with Crippen molar-refractivity contribution in [1.29, 1.82) is 0 Å². The van der Waals surface area contributed by atoms with Crippen LogP contribution < -0.4 is 10.9 Å². The lowest BCUT2D eigenvalue weighted by Crippen LogP contribution is -2.25. The number of carbonyl (C=O) groups excluding carboxylic acids is 1. The van der Waals surface area contributed by atoms with Crippen molar-refractivity contribution in [2.24, 2.45) is 0 Å². The van der Waals surface area contributed by atoms with E-state index < -0.39 is 0 Å². The minimum Gasteiger partial charge on any atom is -0.325 e. The largest absolute Gasteiger partial charge is 0.325 e. The number of thioether (sulfide) groups is 2. The van der Waals surface area contributed by atoms with Crippen molar-refractivity contribution in [2.45, 2.75) is 42.1 Å². The van der Waals surface area contributed by atoms with Crippen LogP contribution in [0.25, 0.3) is 0 Å². The van der Waals surface area contributed by atoms with Crippen LogP contribution in [0.1, 0.15) is 19.5 Å². The Kier molecular flexibility index (Phi) is 5.30. The normalized spacial score (nSPS) is 16.0. The number of nitrogens with one attached hydrogen (secondary N) is 1. The number of hydrogen-bond donors (Lipinski definition) is 1. The van der Waals surface area contributed by atoms with Crippen molar-refractivity contribution >= 4 is 35.1 Å². The van der Waals surface area contributed by atoms with Crippen molar-refractivity contribution in [3.05, 3.63) is 46.4 Å². The van der Waals surface area contributed by atoms with Gasteiger partial charge in [-0.15, -0.1) is 11.8 Å². The fourth-order valence-corrected chi connectivity index (χ4v) is 4.56. The number of amides is 1. The van der Waals surface area contributed by atoms with E-state index in [1.54, 1.807) is 16.3 Å². The molecule has 1 aliphatic heterocycles. The number of para-hydroxylation sites is 1. The molecule has 5 nitrogen and oxygen atoms in total. The Morgan fingerprint density at radius 3 is 2.88 bits per heavy atom. The number of rotatable bonds is 5. The van der Waals surface area contributed by atoms with Crippen LogP contribution in [-0.4, -0.2) is 26.5 Å². The van der Waals surface area contributed by atoms with Crippen LogP contribution >= 0.6 is 23.5 Å². The first-order valence-electron chi connectivity index (χ1n) is 7.86. The predicted molar refractivity (Wildman–Crippen MR) is 99.0 cm³/mol. The van der Waals surface area contributed by atoms with Gasteiger partial charge in [0, 0.05) is 23.9 Å². The second-order valence-electron chi connectivity index (χ2n) is 5.56. The minimum absolute atomic E-state index is 0.0165. The Hall–Kier alpha value is -1.73. The van der Waals surface area contributed by atoms with Gasteiger partial charge >= 0.3 is 0 Å². The third-order valence-corrected chi connectivity index (χ3v) is 5.86. The van der Waals surface area contributed by atoms with Crippen LogP contribution in [-0.2, 0) is 17.8 Å². The van der Waals surface area contributed by atoms with Gasteiger partial charge in [0.1, 0.15) is 0 Å². The van der Waals surface area contributed by atoms with Gasteiger partial charge in [-0.25, -0.2) is 4.98 Å². The smallest absolute Gasteiger partial charge is 0.268 e. The highest BCUT2D eigenvalue weighted by molar-refractivity contribution is 8.00. The van der Waals surface area contributed by atoms with E-state index in [0.717, 1.165) is 22.7 Å². The summed E-state index contributed by atoms with van der Waals surface area (Å²) in [5.41, 5.74) is 1.65. The average Bonchev–Trinajstić information content (AvgIpc) is 2.95. The third-order valence-electron chi connectivity index (χ3n) is 3.67. The first-order valence-corrected chi connectivity index (χ1v) is 9.73. The monoisotopic (exact) mass is 361 g/mol. The summed E-state index contributed by atoms with van der Waals surface area (Å²) in [7, 11) is 0. The van der Waals surface area contributed by atoms with Gasteiger partial charge in [-0.2, -0.15) is 0 Å². The zero-order chi connectivity index (χ0) is 17.1. The molecule has 0 aliphatic carbocycles. The van der Waals surface area contributed by atoms with Crippen molar-refractivity contribution < 1.29 is 4.79 Å². The summed E-state index contributed by atoms with van der Waals surface area (Å²) in [4.78, 5) is 30.1. The average molecular weight is 361 g/mol. The Bertz CT molecular complexity index is 805. The van der Waals surface area contributed by atoms with Crippen LogP contribution in [0.4, 0.5) is 5.69 Å². The molecule has 1 aromatic heterocycles. The number of aromatic nitrogens is 2. The predicted octanol–water partition coefficient (Wildman–Crippen LogP) is 3.03. The maximum atomic E-state index is 12.6. The molecule has 0 saturated carbocycles. The Morgan fingerprint density at radius 2 is 2.17 bits per heavy atom. The van der Waals surface area contributed by atoms with E-state index in [1.165, 1.54) is 11.8 Å². The molecule has 0 saturated heterocycles. The van der Waals surface area contributed by atoms with E-state index in [1.807, 2.05) is 37.3 Å². The zero-order valence-corrected chi connectivity index (χ0v) is 15.2. The van der Waals surface area contributed by atoms with Crippen LogP contribution in [0.2, 0.25) is 0 Å². The van der Waals surface area contributed by atoms with E-state index >= 15 is 0 Å². The summed E-state index contributed by atoms with van der Waals surface area (Å²) in [5.74, 6) is 0.120. The molecule has 0 fully saturated rings. The fourth-order valence-electron chi connectivity index (χ4n) is 2.57. The summed E-state index contributed by atoms with van der Waals surface area (Å²) < 4.78 is 1.66. The molecule has 1 atom stereocenters. The first kappa shape index (κ1) is 17.1. The quantitative estimate of drug-likeness (QED) is 0.655. The standard InChI is InChI=1S/C17H19N3O2S2/c1-3-20-16(22)15-13(9-11(2)24-15)19-17(20)23-10-14(21)18-12-7-5-4-6-8-12/h4-8,11H,3,9-10H2,1-2H3,(H,18,21)/t11-/m0/s1. The Labute approximate surface area is 149 Å². The van der Waals surface area contributed by atoms with E-state index in [9.17, 15) is 9.59 Å². The summed E-state index contributed by atoms with van der Waals surface area (Å²) >= 11 is 2.91. The molecule has 24 heavy (non-hydrogen) atoms. The topological polar surface area (TPSA) is 64.0 Å². The van der Waals surface area contributed by atoms with Crippen molar-refractivity contribution in [3.8, 4) is 0 Å². The molecule has 1 amide bonds. The van der Waals surface area contributed by atoms with Gasteiger partial charge in [0.05, 0.1) is 16.3 Å². The lowest BCUT2D eigenvalue weighted by Gasteiger charge is -2.11. The minimum atomic E-state index is -0.105. The molecule has 0 unspecified atom stereocenters. The van der Waals surface area contributed by atoms with Gasteiger partial charge < -0.3 is 5.32 Å². The molecule has 0 radical (unpaired) electrons. The van der Waals surface area contributed by atoms with Crippen molar-refractivity contribution in [2.75, 3.05) is 11.1 Å². The molecule has 126 valence electrons. The lowest BCUT2D eigenvalue weighted by atomic mass is 10.2. The molecule has 0 bridgehead atoms. The number of nitrogens with zero attached hydrogens (tertiary/aromatic N) is 2. The summed E-state index contributed by atoms with van der Waals surface area (Å²) in [6, 6.07) is 9.34. The second-order valence-corrected chi connectivity index (χ2v) is 7.95. The molecule has 7 heteroatoms. The van der Waals surface area contributed by atoms with Gasteiger partial charge in [0.25, 0.3) is 5.56 Å². The molecule has 3 rings (SSSR count). The van der Waals surface area contributed by atoms with Gasteiger partial charge in [-0.1, -0.05) is 36.9 Å². The maximum Gasteiger partial charge on any atom is 0.268 e. The highest BCUT2D eigenvalue weighted by Crippen LogP contribution is 2.34. The second kappa shape index (κ2) is 7.44. The van der Waals surface area contributed by atoms with Crippen molar-refractivity contribution in [1.82, 2.24) is 9.55 Å². The first-order chi connectivity index (χ1) is 11.6. The number of benzene rings is 1. The Balaban J connectivity index is 1.73. The molecule has 2 heterocycles. The summed E-state index contributed by atoms with van der Waals surface area (Å²) in [6.45, 7) is 4.57. The number of hydrogen-bond acceptors (Lipinski definition) is 5. The number of anilines is 1. The van der Waals surface area contributed by atoms with Crippen LogP contribution in [0.15, 0.2) is 45.2 Å². The molecule has 1 aromatic carbocycles. The van der Waals surface area contributed by atoms with E-state index in [4.69, 9.17) is 0 Å². The van der Waals surface area contributed by atoms with E-state index in [2.05, 4.69) is 17.2 Å². The molecule has 1 N–H and O–H groups in total. The van der Waals surface area contributed by atoms with Gasteiger partial charge in [-0.05, 0) is 19.1 Å². The number of carbonyl (C=O) groups is 1. The summed E-state index contributed by atoms with van der Waals surface area (Å²) in [6.07, 6.45) is 0.809. The van der Waals surface area contributed by atoms with Gasteiger partial charge in [0.15, 0.2) is 5.16 Å². The number of fused-ring (bicyclic) bond motifs is 1. The molecule has 1 aliphatic rings. The van der Waals surface area contributed by atoms with Crippen molar-refractivity contribution in [3.63, 3.8) is 0 Å². The van der Waals surface area contributed by atoms with Gasteiger partial charge in [0.2, 0.25) is 5.91 Å². The Morgan fingerprint density at radius 1 is 1.42 bits per heavy atom.